The van der Waals surface area contributed by atoms with Crippen molar-refractivity contribution >= 4 is 0 Å². The summed E-state index contributed by atoms with van der Waals surface area (Å²) < 4.78 is 10.3. The van der Waals surface area contributed by atoms with Crippen molar-refractivity contribution in [3.63, 3.8) is 0 Å². The lowest BCUT2D eigenvalue weighted by Crippen LogP contribution is -2.43. The molecule has 0 radical (unpaired) electrons. The molecule has 1 aliphatic rings. The molecule has 1 N–H and O–H groups in total. The Labute approximate surface area is 79.4 Å². The summed E-state index contributed by atoms with van der Waals surface area (Å²) in [6.45, 7) is 3.24. The zero-order chi connectivity index (χ0) is 9.73. The van der Waals surface area contributed by atoms with Gasteiger partial charge in [0.25, 0.3) is 0 Å². The van der Waals surface area contributed by atoms with Crippen molar-refractivity contribution in [2.45, 2.75) is 12.0 Å². The SMILES string of the molecule is COCCC1(O)COCCN(C)C1. The van der Waals surface area contributed by atoms with Gasteiger partial charge >= 0.3 is 0 Å². The molecule has 0 aromatic heterocycles. The van der Waals surface area contributed by atoms with Crippen molar-refractivity contribution in [1.29, 1.82) is 0 Å². The Bertz CT molecular complexity index is 154. The fourth-order valence-corrected chi connectivity index (χ4v) is 1.55. The van der Waals surface area contributed by atoms with Crippen LogP contribution in [0, 0.1) is 0 Å². The molecule has 1 rings (SSSR count). The predicted molar refractivity (Wildman–Crippen MR) is 49.8 cm³/mol. The highest BCUT2D eigenvalue weighted by Crippen LogP contribution is 2.15. The third-order valence-electron chi connectivity index (χ3n) is 2.32. The van der Waals surface area contributed by atoms with E-state index in [2.05, 4.69) is 4.90 Å². The van der Waals surface area contributed by atoms with Crippen LogP contribution in [0.15, 0.2) is 0 Å². The van der Waals surface area contributed by atoms with Crippen molar-refractivity contribution in [3.05, 3.63) is 0 Å². The molecule has 0 bridgehead atoms. The van der Waals surface area contributed by atoms with Crippen LogP contribution in [0.4, 0.5) is 0 Å². The van der Waals surface area contributed by atoms with E-state index in [0.29, 0.717) is 32.8 Å². The van der Waals surface area contributed by atoms with E-state index in [4.69, 9.17) is 9.47 Å². The van der Waals surface area contributed by atoms with Gasteiger partial charge in [-0.25, -0.2) is 0 Å². The second-order valence-corrected chi connectivity index (χ2v) is 3.76. The van der Waals surface area contributed by atoms with Crippen molar-refractivity contribution in [2.24, 2.45) is 0 Å². The number of likely N-dealkylation sites (N-methyl/N-ethyl adjacent to an activating group) is 1. The standard InChI is InChI=1S/C9H19NO3/c1-10-4-6-13-8-9(11,7-10)3-5-12-2/h11H,3-8H2,1-2H3. The van der Waals surface area contributed by atoms with Gasteiger partial charge in [0.05, 0.1) is 13.2 Å². The molecular formula is C9H19NO3. The molecule has 1 saturated heterocycles. The average molecular weight is 189 g/mol. The Morgan fingerprint density at radius 2 is 2.38 bits per heavy atom. The highest BCUT2D eigenvalue weighted by molar-refractivity contribution is 4.83. The van der Waals surface area contributed by atoms with Gasteiger partial charge in [-0.05, 0) is 7.05 Å². The van der Waals surface area contributed by atoms with Gasteiger partial charge in [0.15, 0.2) is 0 Å². The van der Waals surface area contributed by atoms with E-state index in [1.54, 1.807) is 7.11 Å². The van der Waals surface area contributed by atoms with E-state index in [-0.39, 0.29) is 0 Å². The van der Waals surface area contributed by atoms with Crippen LogP contribution in [0.2, 0.25) is 0 Å². The number of nitrogens with zero attached hydrogens (tertiary/aromatic N) is 1. The molecule has 4 nitrogen and oxygen atoms in total. The first kappa shape index (κ1) is 10.9. The quantitative estimate of drug-likeness (QED) is 0.663. The van der Waals surface area contributed by atoms with Gasteiger partial charge in [-0.15, -0.1) is 0 Å². The zero-order valence-electron chi connectivity index (χ0n) is 8.45. The lowest BCUT2D eigenvalue weighted by atomic mass is 10.0. The van der Waals surface area contributed by atoms with Crippen molar-refractivity contribution in [1.82, 2.24) is 4.90 Å². The van der Waals surface area contributed by atoms with Crippen LogP contribution in [-0.2, 0) is 9.47 Å². The van der Waals surface area contributed by atoms with Crippen molar-refractivity contribution < 1.29 is 14.6 Å². The first-order valence-electron chi connectivity index (χ1n) is 4.64. The summed E-state index contributed by atoms with van der Waals surface area (Å²) in [7, 11) is 3.64. The minimum absolute atomic E-state index is 0.417. The largest absolute Gasteiger partial charge is 0.386 e. The monoisotopic (exact) mass is 189 g/mol. The van der Waals surface area contributed by atoms with E-state index < -0.39 is 5.60 Å². The van der Waals surface area contributed by atoms with Crippen LogP contribution in [0.3, 0.4) is 0 Å². The van der Waals surface area contributed by atoms with Gasteiger partial charge in [0.1, 0.15) is 5.60 Å². The number of β-amino-alcohol motifs (C(OH)–C–C–N with tert-alkyl or cyclic N) is 1. The maximum absolute atomic E-state index is 10.1. The van der Waals surface area contributed by atoms with E-state index >= 15 is 0 Å². The Balaban J connectivity index is 2.43. The lowest BCUT2D eigenvalue weighted by Gasteiger charge is -2.28. The maximum atomic E-state index is 10.1. The molecule has 4 heteroatoms. The van der Waals surface area contributed by atoms with Crippen molar-refractivity contribution in [3.8, 4) is 0 Å². The Hall–Kier alpha value is -0.160. The first-order valence-corrected chi connectivity index (χ1v) is 4.64. The molecule has 0 saturated carbocycles. The highest BCUT2D eigenvalue weighted by Gasteiger charge is 2.30. The summed E-state index contributed by atoms with van der Waals surface area (Å²) in [4.78, 5) is 2.09. The smallest absolute Gasteiger partial charge is 0.103 e. The average Bonchev–Trinajstić information content (AvgIpc) is 2.24. The molecule has 1 unspecified atom stereocenters. The molecule has 0 aromatic carbocycles. The number of methoxy groups -OCH3 is 1. The summed E-state index contributed by atoms with van der Waals surface area (Å²) in [5, 5.41) is 10.1. The molecule has 0 aromatic rings. The predicted octanol–water partition coefficient (Wildman–Crippen LogP) is -0.284. The molecule has 1 aliphatic heterocycles. The fraction of sp³-hybridized carbons (Fsp3) is 1.00. The number of rotatable bonds is 3. The molecule has 13 heavy (non-hydrogen) atoms. The van der Waals surface area contributed by atoms with Crippen LogP contribution < -0.4 is 0 Å². The van der Waals surface area contributed by atoms with Crippen LogP contribution in [0.1, 0.15) is 6.42 Å². The van der Waals surface area contributed by atoms with E-state index in [1.807, 2.05) is 7.05 Å². The molecule has 1 atom stereocenters. The minimum Gasteiger partial charge on any atom is -0.386 e. The summed E-state index contributed by atoms with van der Waals surface area (Å²) >= 11 is 0. The number of ether oxygens (including phenoxy) is 2. The lowest BCUT2D eigenvalue weighted by molar-refractivity contribution is -0.0523. The number of aliphatic hydroxyl groups is 1. The summed E-state index contributed by atoms with van der Waals surface area (Å²) in [6.07, 6.45) is 0.633. The summed E-state index contributed by atoms with van der Waals surface area (Å²) in [5.41, 5.74) is -0.735. The van der Waals surface area contributed by atoms with Gasteiger partial charge in [0.2, 0.25) is 0 Å². The van der Waals surface area contributed by atoms with Crippen LogP contribution in [0.25, 0.3) is 0 Å². The normalized spacial score (nSPS) is 31.6. The Morgan fingerprint density at radius 3 is 3.08 bits per heavy atom. The van der Waals surface area contributed by atoms with Crippen LogP contribution in [0.5, 0.6) is 0 Å². The van der Waals surface area contributed by atoms with Crippen molar-refractivity contribution in [2.75, 3.05) is 47.1 Å². The maximum Gasteiger partial charge on any atom is 0.103 e. The van der Waals surface area contributed by atoms with Crippen LogP contribution >= 0.6 is 0 Å². The van der Waals surface area contributed by atoms with Gasteiger partial charge in [-0.1, -0.05) is 0 Å². The Morgan fingerprint density at radius 1 is 1.62 bits per heavy atom. The fourth-order valence-electron chi connectivity index (χ4n) is 1.55. The number of hydrogen-bond donors (Lipinski definition) is 1. The summed E-state index contributed by atoms with van der Waals surface area (Å²) in [6, 6.07) is 0. The molecule has 0 aliphatic carbocycles. The van der Waals surface area contributed by atoms with Crippen LogP contribution in [-0.4, -0.2) is 62.7 Å². The topological polar surface area (TPSA) is 41.9 Å². The second kappa shape index (κ2) is 4.91. The molecule has 78 valence electrons. The van der Waals surface area contributed by atoms with E-state index in [0.717, 1.165) is 6.54 Å². The molecule has 0 amide bonds. The second-order valence-electron chi connectivity index (χ2n) is 3.76. The third-order valence-corrected chi connectivity index (χ3v) is 2.32. The van der Waals surface area contributed by atoms with Gasteiger partial charge in [-0.2, -0.15) is 0 Å². The zero-order valence-corrected chi connectivity index (χ0v) is 8.45. The van der Waals surface area contributed by atoms with Gasteiger partial charge in [0, 0.05) is 33.2 Å². The Kier molecular flexibility index (Phi) is 4.12. The molecule has 1 heterocycles. The van der Waals surface area contributed by atoms with Gasteiger partial charge < -0.3 is 19.5 Å². The highest BCUT2D eigenvalue weighted by atomic mass is 16.5. The third kappa shape index (κ3) is 3.60. The van der Waals surface area contributed by atoms with Gasteiger partial charge in [-0.3, -0.25) is 0 Å². The van der Waals surface area contributed by atoms with E-state index in [9.17, 15) is 5.11 Å². The molecular weight excluding hydrogens is 170 g/mol. The number of hydrogen-bond acceptors (Lipinski definition) is 4. The van der Waals surface area contributed by atoms with E-state index in [1.165, 1.54) is 0 Å². The molecule has 1 fully saturated rings. The molecule has 0 spiro atoms. The minimum atomic E-state index is -0.735. The summed E-state index contributed by atoms with van der Waals surface area (Å²) in [5.74, 6) is 0. The first-order chi connectivity index (χ1) is 6.16.